The summed E-state index contributed by atoms with van der Waals surface area (Å²) >= 11 is 0. The molecule has 0 atom stereocenters. The average Bonchev–Trinajstić information content (AvgIpc) is 2.38. The Morgan fingerprint density at radius 2 is 2.00 bits per heavy atom. The van der Waals surface area contributed by atoms with E-state index in [1.165, 1.54) is 12.1 Å². The van der Waals surface area contributed by atoms with Gasteiger partial charge in [0.25, 0.3) is 0 Å². The van der Waals surface area contributed by atoms with Crippen molar-refractivity contribution in [2.75, 3.05) is 11.9 Å². The number of aromatic carboxylic acids is 1. The summed E-state index contributed by atoms with van der Waals surface area (Å²) in [4.78, 5) is 23.4. The standard InChI is InChI=1S/C13H18N2O4/c1-4-9(5-2)14(3)11-8-6-7-10(13(16)17)12(11)15(18)19/h6-9H,4-5H2,1-3H3,(H,16,17). The summed E-state index contributed by atoms with van der Waals surface area (Å²) in [7, 11) is 1.76. The van der Waals surface area contributed by atoms with E-state index >= 15 is 0 Å². The molecule has 1 N–H and O–H groups in total. The fourth-order valence-corrected chi connectivity index (χ4v) is 2.21. The van der Waals surface area contributed by atoms with Crippen molar-refractivity contribution in [2.45, 2.75) is 32.7 Å². The van der Waals surface area contributed by atoms with Crippen molar-refractivity contribution in [3.05, 3.63) is 33.9 Å². The second kappa shape index (κ2) is 6.17. The first-order chi connectivity index (χ1) is 8.93. The summed E-state index contributed by atoms with van der Waals surface area (Å²) in [5, 5.41) is 20.2. The van der Waals surface area contributed by atoms with Crippen molar-refractivity contribution in [3.63, 3.8) is 0 Å². The molecule has 1 rings (SSSR count). The van der Waals surface area contributed by atoms with Crippen LogP contribution in [-0.2, 0) is 0 Å². The third kappa shape index (κ3) is 3.01. The molecule has 0 spiro atoms. The molecular weight excluding hydrogens is 248 g/mol. The molecular formula is C13H18N2O4. The summed E-state index contributed by atoms with van der Waals surface area (Å²) < 4.78 is 0. The van der Waals surface area contributed by atoms with Crippen molar-refractivity contribution < 1.29 is 14.8 Å². The zero-order valence-corrected chi connectivity index (χ0v) is 11.3. The lowest BCUT2D eigenvalue weighted by molar-refractivity contribution is -0.384. The maximum absolute atomic E-state index is 11.2. The van der Waals surface area contributed by atoms with Gasteiger partial charge in [0.1, 0.15) is 11.3 Å². The second-order valence-electron chi connectivity index (χ2n) is 4.32. The van der Waals surface area contributed by atoms with Gasteiger partial charge in [-0.05, 0) is 25.0 Å². The highest BCUT2D eigenvalue weighted by molar-refractivity contribution is 5.95. The number of hydrogen-bond donors (Lipinski definition) is 1. The molecule has 104 valence electrons. The van der Waals surface area contributed by atoms with E-state index in [2.05, 4.69) is 0 Å². The fraction of sp³-hybridized carbons (Fsp3) is 0.462. The smallest absolute Gasteiger partial charge is 0.342 e. The highest BCUT2D eigenvalue weighted by atomic mass is 16.6. The third-order valence-electron chi connectivity index (χ3n) is 3.30. The van der Waals surface area contributed by atoms with Crippen molar-refractivity contribution in [1.82, 2.24) is 0 Å². The van der Waals surface area contributed by atoms with Gasteiger partial charge in [0.2, 0.25) is 0 Å². The van der Waals surface area contributed by atoms with E-state index in [4.69, 9.17) is 5.11 Å². The van der Waals surface area contributed by atoms with Crippen LogP contribution < -0.4 is 4.90 Å². The van der Waals surface area contributed by atoms with Crippen LogP contribution in [0.5, 0.6) is 0 Å². The van der Waals surface area contributed by atoms with E-state index in [1.807, 2.05) is 13.8 Å². The largest absolute Gasteiger partial charge is 0.477 e. The normalized spacial score (nSPS) is 10.5. The van der Waals surface area contributed by atoms with Crippen LogP contribution in [0, 0.1) is 10.1 Å². The first kappa shape index (κ1) is 14.9. The molecule has 0 radical (unpaired) electrons. The number of carboxylic acids is 1. The van der Waals surface area contributed by atoms with Gasteiger partial charge in [0.05, 0.1) is 4.92 Å². The lowest BCUT2D eigenvalue weighted by Crippen LogP contribution is -2.31. The Morgan fingerprint density at radius 3 is 2.42 bits per heavy atom. The van der Waals surface area contributed by atoms with E-state index in [9.17, 15) is 14.9 Å². The summed E-state index contributed by atoms with van der Waals surface area (Å²) in [5.41, 5.74) is -0.275. The Bertz CT molecular complexity index is 484. The van der Waals surface area contributed by atoms with Crippen LogP contribution in [0.25, 0.3) is 0 Å². The molecule has 0 saturated heterocycles. The minimum Gasteiger partial charge on any atom is -0.477 e. The van der Waals surface area contributed by atoms with Gasteiger partial charge >= 0.3 is 11.7 Å². The van der Waals surface area contributed by atoms with Gasteiger partial charge in [0.15, 0.2) is 0 Å². The predicted molar refractivity (Wildman–Crippen MR) is 72.8 cm³/mol. The van der Waals surface area contributed by atoms with E-state index in [0.29, 0.717) is 5.69 Å². The summed E-state index contributed by atoms with van der Waals surface area (Å²) in [6.45, 7) is 4.00. The summed E-state index contributed by atoms with van der Waals surface area (Å²) in [6.07, 6.45) is 1.67. The van der Waals surface area contributed by atoms with Crippen LogP contribution in [0.1, 0.15) is 37.0 Å². The molecule has 0 aliphatic rings. The van der Waals surface area contributed by atoms with Crippen molar-refractivity contribution >= 4 is 17.3 Å². The highest BCUT2D eigenvalue weighted by Gasteiger charge is 2.27. The molecule has 0 aromatic heterocycles. The first-order valence-corrected chi connectivity index (χ1v) is 6.17. The van der Waals surface area contributed by atoms with Crippen molar-refractivity contribution in [1.29, 1.82) is 0 Å². The van der Waals surface area contributed by atoms with Gasteiger partial charge in [-0.1, -0.05) is 19.9 Å². The Hall–Kier alpha value is -2.11. The number of rotatable bonds is 6. The molecule has 6 heteroatoms. The molecule has 1 aromatic rings. The van der Waals surface area contributed by atoms with Crippen LogP contribution in [-0.4, -0.2) is 29.1 Å². The maximum Gasteiger partial charge on any atom is 0.342 e. The van der Waals surface area contributed by atoms with Crippen LogP contribution in [0.15, 0.2) is 18.2 Å². The summed E-state index contributed by atoms with van der Waals surface area (Å²) in [5.74, 6) is -1.29. The minimum atomic E-state index is -1.29. The number of carboxylic acid groups (broad SMARTS) is 1. The van der Waals surface area contributed by atoms with E-state index in [1.54, 1.807) is 18.0 Å². The molecule has 0 fully saturated rings. The highest BCUT2D eigenvalue weighted by Crippen LogP contribution is 2.33. The Labute approximate surface area is 111 Å². The fourth-order valence-electron chi connectivity index (χ4n) is 2.21. The van der Waals surface area contributed by atoms with Gasteiger partial charge in [-0.3, -0.25) is 10.1 Å². The lowest BCUT2D eigenvalue weighted by Gasteiger charge is -2.28. The van der Waals surface area contributed by atoms with Crippen molar-refractivity contribution in [3.8, 4) is 0 Å². The van der Waals surface area contributed by atoms with Gasteiger partial charge < -0.3 is 10.0 Å². The topological polar surface area (TPSA) is 83.7 Å². The van der Waals surface area contributed by atoms with E-state index in [-0.39, 0.29) is 17.3 Å². The van der Waals surface area contributed by atoms with Crippen LogP contribution in [0.2, 0.25) is 0 Å². The lowest BCUT2D eigenvalue weighted by atomic mass is 10.1. The molecule has 0 bridgehead atoms. The summed E-state index contributed by atoms with van der Waals surface area (Å²) in [6, 6.07) is 4.51. The van der Waals surface area contributed by atoms with E-state index in [0.717, 1.165) is 12.8 Å². The van der Waals surface area contributed by atoms with Gasteiger partial charge in [-0.2, -0.15) is 0 Å². The maximum atomic E-state index is 11.2. The molecule has 0 saturated carbocycles. The van der Waals surface area contributed by atoms with Crippen LogP contribution in [0.4, 0.5) is 11.4 Å². The van der Waals surface area contributed by atoms with Crippen molar-refractivity contribution in [2.24, 2.45) is 0 Å². The molecule has 19 heavy (non-hydrogen) atoms. The third-order valence-corrected chi connectivity index (χ3v) is 3.30. The number of para-hydroxylation sites is 1. The Balaban J connectivity index is 3.38. The Kier molecular flexibility index (Phi) is 4.86. The van der Waals surface area contributed by atoms with Gasteiger partial charge in [-0.15, -0.1) is 0 Å². The SMILES string of the molecule is CCC(CC)N(C)c1cccc(C(=O)O)c1[N+](=O)[O-]. The zero-order chi connectivity index (χ0) is 14.6. The molecule has 1 aromatic carbocycles. The number of nitrogens with zero attached hydrogens (tertiary/aromatic N) is 2. The predicted octanol–water partition coefficient (Wildman–Crippen LogP) is 2.92. The number of anilines is 1. The number of carbonyl (C=O) groups is 1. The molecule has 6 nitrogen and oxygen atoms in total. The quantitative estimate of drug-likeness (QED) is 0.632. The molecule has 0 aliphatic heterocycles. The number of hydrogen-bond acceptors (Lipinski definition) is 4. The monoisotopic (exact) mass is 266 g/mol. The number of nitro benzene ring substituents is 1. The molecule has 0 unspecified atom stereocenters. The molecule has 0 aliphatic carbocycles. The van der Waals surface area contributed by atoms with Crippen LogP contribution >= 0.6 is 0 Å². The Morgan fingerprint density at radius 1 is 1.42 bits per heavy atom. The number of benzene rings is 1. The molecule has 0 amide bonds. The van der Waals surface area contributed by atoms with Gasteiger partial charge in [-0.25, -0.2) is 4.79 Å². The average molecular weight is 266 g/mol. The van der Waals surface area contributed by atoms with Crippen LogP contribution in [0.3, 0.4) is 0 Å². The zero-order valence-electron chi connectivity index (χ0n) is 11.3. The second-order valence-corrected chi connectivity index (χ2v) is 4.32. The number of nitro groups is 1. The molecule has 0 heterocycles. The first-order valence-electron chi connectivity index (χ1n) is 6.17. The minimum absolute atomic E-state index is 0.141. The van der Waals surface area contributed by atoms with E-state index < -0.39 is 10.9 Å². The van der Waals surface area contributed by atoms with Gasteiger partial charge in [0, 0.05) is 13.1 Å².